The molecular weight excluding hydrogens is 416 g/mol. The summed E-state index contributed by atoms with van der Waals surface area (Å²) < 4.78 is 16.5. The molecule has 0 atom stereocenters. The predicted octanol–water partition coefficient (Wildman–Crippen LogP) is 5.63. The van der Waals surface area contributed by atoms with E-state index in [0.717, 1.165) is 16.7 Å². The average Bonchev–Trinajstić information content (AvgIpc) is 3.09. The van der Waals surface area contributed by atoms with Crippen molar-refractivity contribution in [2.75, 3.05) is 7.11 Å². The van der Waals surface area contributed by atoms with E-state index in [1.165, 1.54) is 7.11 Å². The van der Waals surface area contributed by atoms with Gasteiger partial charge in [0.1, 0.15) is 18.1 Å². The number of allylic oxidation sites excluding steroid dienone is 1. The van der Waals surface area contributed by atoms with Gasteiger partial charge in [-0.3, -0.25) is 4.79 Å². The summed E-state index contributed by atoms with van der Waals surface area (Å²) in [6, 6.07) is 17.7. The van der Waals surface area contributed by atoms with Crippen molar-refractivity contribution in [2.24, 2.45) is 0 Å². The summed E-state index contributed by atoms with van der Waals surface area (Å²) in [7, 11) is 1.35. The van der Waals surface area contributed by atoms with E-state index in [0.29, 0.717) is 34.3 Å². The molecule has 0 aliphatic carbocycles. The maximum absolute atomic E-state index is 12.7. The van der Waals surface area contributed by atoms with Crippen LogP contribution < -0.4 is 9.47 Å². The minimum absolute atomic E-state index is 0.178. The van der Waals surface area contributed by atoms with E-state index in [9.17, 15) is 9.59 Å². The highest BCUT2D eigenvalue weighted by molar-refractivity contribution is 6.30. The lowest BCUT2D eigenvalue weighted by atomic mass is 10.1. The van der Waals surface area contributed by atoms with Crippen molar-refractivity contribution >= 4 is 29.4 Å². The number of ether oxygens (including phenoxy) is 3. The Labute approximate surface area is 184 Å². The van der Waals surface area contributed by atoms with Gasteiger partial charge in [-0.05, 0) is 60.5 Å². The molecule has 4 rings (SSSR count). The fourth-order valence-electron chi connectivity index (χ4n) is 3.29. The normalized spacial score (nSPS) is 13.6. The second-order valence-electron chi connectivity index (χ2n) is 7.04. The topological polar surface area (TPSA) is 61.8 Å². The largest absolute Gasteiger partial charge is 0.488 e. The van der Waals surface area contributed by atoms with Crippen LogP contribution in [0.25, 0.3) is 6.08 Å². The van der Waals surface area contributed by atoms with Gasteiger partial charge >= 0.3 is 5.97 Å². The summed E-state index contributed by atoms with van der Waals surface area (Å²) in [6.07, 6.45) is 1.68. The summed E-state index contributed by atoms with van der Waals surface area (Å²) >= 11 is 6.02. The first-order valence-corrected chi connectivity index (χ1v) is 9.97. The molecule has 5 nitrogen and oxygen atoms in total. The van der Waals surface area contributed by atoms with Crippen LogP contribution in [0.5, 0.6) is 11.5 Å². The molecule has 0 spiro atoms. The third-order valence-corrected chi connectivity index (χ3v) is 5.19. The molecule has 0 fully saturated rings. The van der Waals surface area contributed by atoms with Gasteiger partial charge in [0, 0.05) is 10.6 Å². The standard InChI is InChI=1S/C25H19ClO5/c1-15-21(30-14-16-6-8-18(9-7-16)25(28)29-2)11-10-20-23(27)22(31-24(15)20)13-17-4-3-5-19(26)12-17/h3-13H,14H2,1-2H3/b22-13-. The number of Topliss-reactive ketones (excluding diaryl/α,β-unsaturated/α-hetero) is 1. The minimum Gasteiger partial charge on any atom is -0.488 e. The highest BCUT2D eigenvalue weighted by Gasteiger charge is 2.30. The zero-order valence-corrected chi connectivity index (χ0v) is 17.7. The number of halogens is 1. The predicted molar refractivity (Wildman–Crippen MR) is 118 cm³/mol. The van der Waals surface area contributed by atoms with Crippen LogP contribution in [-0.4, -0.2) is 18.9 Å². The van der Waals surface area contributed by atoms with Gasteiger partial charge in [0.25, 0.3) is 0 Å². The molecule has 156 valence electrons. The Hall–Kier alpha value is -3.57. The van der Waals surface area contributed by atoms with E-state index in [-0.39, 0.29) is 17.5 Å². The molecule has 1 aliphatic rings. The second-order valence-corrected chi connectivity index (χ2v) is 7.47. The zero-order chi connectivity index (χ0) is 22.0. The van der Waals surface area contributed by atoms with Crippen LogP contribution in [-0.2, 0) is 11.3 Å². The lowest BCUT2D eigenvalue weighted by Crippen LogP contribution is -2.02. The van der Waals surface area contributed by atoms with Crippen LogP contribution in [0.1, 0.15) is 37.4 Å². The Bertz CT molecular complexity index is 1200. The van der Waals surface area contributed by atoms with Gasteiger partial charge in [0.15, 0.2) is 5.76 Å². The smallest absolute Gasteiger partial charge is 0.337 e. The number of methoxy groups -OCH3 is 1. The molecule has 0 amide bonds. The third kappa shape index (κ3) is 4.32. The Morgan fingerprint density at radius 2 is 1.87 bits per heavy atom. The van der Waals surface area contributed by atoms with E-state index in [4.69, 9.17) is 25.8 Å². The Kier molecular flexibility index (Phi) is 5.78. The Morgan fingerprint density at radius 3 is 2.58 bits per heavy atom. The fourth-order valence-corrected chi connectivity index (χ4v) is 3.49. The summed E-state index contributed by atoms with van der Waals surface area (Å²) in [5, 5.41) is 0.587. The highest BCUT2D eigenvalue weighted by atomic mass is 35.5. The quantitative estimate of drug-likeness (QED) is 0.384. The minimum atomic E-state index is -0.384. The number of carbonyl (C=O) groups is 2. The lowest BCUT2D eigenvalue weighted by Gasteiger charge is -2.12. The molecule has 1 aliphatic heterocycles. The lowest BCUT2D eigenvalue weighted by molar-refractivity contribution is 0.0600. The van der Waals surface area contributed by atoms with Crippen molar-refractivity contribution in [2.45, 2.75) is 13.5 Å². The van der Waals surface area contributed by atoms with E-state index in [2.05, 4.69) is 0 Å². The Morgan fingerprint density at radius 1 is 1.10 bits per heavy atom. The fraction of sp³-hybridized carbons (Fsp3) is 0.120. The number of ketones is 1. The SMILES string of the molecule is COC(=O)c1ccc(COc2ccc3c(c2C)O/C(=C\c2cccc(Cl)c2)C3=O)cc1. The molecule has 0 saturated heterocycles. The van der Waals surface area contributed by atoms with Gasteiger partial charge in [-0.25, -0.2) is 4.79 Å². The number of fused-ring (bicyclic) bond motifs is 1. The average molecular weight is 435 g/mol. The van der Waals surface area contributed by atoms with E-state index in [1.54, 1.807) is 54.6 Å². The zero-order valence-electron chi connectivity index (χ0n) is 17.0. The van der Waals surface area contributed by atoms with Crippen LogP contribution >= 0.6 is 11.6 Å². The number of esters is 1. The van der Waals surface area contributed by atoms with Gasteiger partial charge in [-0.2, -0.15) is 0 Å². The molecular formula is C25H19ClO5. The third-order valence-electron chi connectivity index (χ3n) is 4.95. The summed E-state index contributed by atoms with van der Waals surface area (Å²) in [6.45, 7) is 2.16. The van der Waals surface area contributed by atoms with Crippen LogP contribution in [0.3, 0.4) is 0 Å². The van der Waals surface area contributed by atoms with Crippen LogP contribution in [0.2, 0.25) is 5.02 Å². The number of hydrogen-bond acceptors (Lipinski definition) is 5. The summed E-state index contributed by atoms with van der Waals surface area (Å²) in [5.74, 6) is 0.800. The molecule has 0 radical (unpaired) electrons. The first kappa shape index (κ1) is 20.7. The molecule has 6 heteroatoms. The van der Waals surface area contributed by atoms with E-state index >= 15 is 0 Å². The number of carbonyl (C=O) groups excluding carboxylic acids is 2. The van der Waals surface area contributed by atoms with E-state index < -0.39 is 0 Å². The molecule has 0 unspecified atom stereocenters. The van der Waals surface area contributed by atoms with Crippen molar-refractivity contribution in [1.82, 2.24) is 0 Å². The molecule has 3 aromatic rings. The molecule has 0 saturated carbocycles. The number of hydrogen-bond donors (Lipinski definition) is 0. The van der Waals surface area contributed by atoms with Crippen molar-refractivity contribution in [3.63, 3.8) is 0 Å². The molecule has 1 heterocycles. The van der Waals surface area contributed by atoms with Crippen molar-refractivity contribution in [3.05, 3.63) is 99.3 Å². The van der Waals surface area contributed by atoms with Crippen molar-refractivity contribution in [1.29, 1.82) is 0 Å². The maximum Gasteiger partial charge on any atom is 0.337 e. The van der Waals surface area contributed by atoms with Crippen molar-refractivity contribution < 1.29 is 23.8 Å². The second kappa shape index (κ2) is 8.66. The number of rotatable bonds is 5. The summed E-state index contributed by atoms with van der Waals surface area (Å²) in [4.78, 5) is 24.3. The van der Waals surface area contributed by atoms with Crippen LogP contribution in [0.4, 0.5) is 0 Å². The molecule has 0 N–H and O–H groups in total. The first-order valence-electron chi connectivity index (χ1n) is 9.59. The van der Waals surface area contributed by atoms with E-state index in [1.807, 2.05) is 19.1 Å². The highest BCUT2D eigenvalue weighted by Crippen LogP contribution is 2.39. The van der Waals surface area contributed by atoms with Crippen LogP contribution in [0, 0.1) is 6.92 Å². The number of benzene rings is 3. The molecule has 0 aromatic heterocycles. The van der Waals surface area contributed by atoms with Gasteiger partial charge in [0.2, 0.25) is 5.78 Å². The molecule has 31 heavy (non-hydrogen) atoms. The summed E-state index contributed by atoms with van der Waals surface area (Å²) in [5.41, 5.74) is 3.40. The van der Waals surface area contributed by atoms with Crippen LogP contribution in [0.15, 0.2) is 66.4 Å². The Balaban J connectivity index is 1.51. The first-order chi connectivity index (χ1) is 15.0. The maximum atomic E-state index is 12.7. The van der Waals surface area contributed by atoms with Gasteiger partial charge in [-0.15, -0.1) is 0 Å². The van der Waals surface area contributed by atoms with Gasteiger partial charge < -0.3 is 14.2 Å². The van der Waals surface area contributed by atoms with Crippen molar-refractivity contribution in [3.8, 4) is 11.5 Å². The monoisotopic (exact) mass is 434 g/mol. The molecule has 3 aromatic carbocycles. The molecule has 0 bridgehead atoms. The van der Waals surface area contributed by atoms with Gasteiger partial charge in [0.05, 0.1) is 18.2 Å². The van der Waals surface area contributed by atoms with Gasteiger partial charge in [-0.1, -0.05) is 35.9 Å².